The second-order valence-corrected chi connectivity index (χ2v) is 6.78. The Labute approximate surface area is 159 Å². The molecule has 0 bridgehead atoms. The number of nitrogens with one attached hydrogen (secondary N) is 2. The maximum atomic E-state index is 11.9. The summed E-state index contributed by atoms with van der Waals surface area (Å²) >= 11 is 1.04. The molecular weight excluding hydrogens is 368 g/mol. The number of benzene rings is 1. The number of aryl methyl sites for hydroxylation is 3. The molecule has 0 atom stereocenters. The molecule has 9 heteroatoms. The SMILES string of the molecule is Cc1ccc(NC(=O)NC(=O)CSc2nnc(-c3ccoc3C)o2)cc1C. The lowest BCUT2D eigenvalue weighted by atomic mass is 10.1. The molecule has 140 valence electrons. The molecule has 0 aliphatic heterocycles. The zero-order valence-corrected chi connectivity index (χ0v) is 15.8. The predicted molar refractivity (Wildman–Crippen MR) is 101 cm³/mol. The molecule has 3 aromatic rings. The quantitative estimate of drug-likeness (QED) is 0.643. The van der Waals surface area contributed by atoms with E-state index in [0.717, 1.165) is 22.9 Å². The summed E-state index contributed by atoms with van der Waals surface area (Å²) < 4.78 is 10.7. The summed E-state index contributed by atoms with van der Waals surface area (Å²) in [4.78, 5) is 23.8. The Morgan fingerprint density at radius 2 is 1.93 bits per heavy atom. The molecule has 3 rings (SSSR count). The second kappa shape index (κ2) is 8.09. The number of furan rings is 1. The van der Waals surface area contributed by atoms with Crippen LogP contribution in [0.4, 0.5) is 10.5 Å². The predicted octanol–water partition coefficient (Wildman–Crippen LogP) is 3.70. The van der Waals surface area contributed by atoms with Crippen LogP contribution in [0.1, 0.15) is 16.9 Å². The van der Waals surface area contributed by atoms with Crippen molar-refractivity contribution in [1.29, 1.82) is 0 Å². The molecule has 0 aliphatic carbocycles. The summed E-state index contributed by atoms with van der Waals surface area (Å²) in [5.74, 6) is 0.472. The van der Waals surface area contributed by atoms with Crippen molar-refractivity contribution >= 4 is 29.4 Å². The minimum atomic E-state index is -0.593. The van der Waals surface area contributed by atoms with Crippen LogP contribution in [0.15, 0.2) is 44.6 Å². The number of hydrogen-bond donors (Lipinski definition) is 2. The van der Waals surface area contributed by atoms with Crippen LogP contribution in [0.2, 0.25) is 0 Å². The van der Waals surface area contributed by atoms with Gasteiger partial charge in [-0.25, -0.2) is 4.79 Å². The molecule has 2 aromatic heterocycles. The van der Waals surface area contributed by atoms with Gasteiger partial charge in [0.05, 0.1) is 17.6 Å². The molecular formula is C18H18N4O4S. The lowest BCUT2D eigenvalue weighted by Crippen LogP contribution is -2.35. The molecule has 0 saturated heterocycles. The molecule has 1 aromatic carbocycles. The Bertz CT molecular complexity index is 979. The number of carbonyl (C=O) groups excluding carboxylic acids is 2. The van der Waals surface area contributed by atoms with E-state index in [4.69, 9.17) is 8.83 Å². The van der Waals surface area contributed by atoms with E-state index >= 15 is 0 Å². The molecule has 8 nitrogen and oxygen atoms in total. The minimum absolute atomic E-state index is 0.0354. The number of urea groups is 1. The zero-order chi connectivity index (χ0) is 19.4. The van der Waals surface area contributed by atoms with Crippen molar-refractivity contribution in [3.05, 3.63) is 47.4 Å². The number of thioether (sulfide) groups is 1. The van der Waals surface area contributed by atoms with Crippen LogP contribution in [-0.2, 0) is 4.79 Å². The second-order valence-electron chi connectivity index (χ2n) is 5.85. The average molecular weight is 386 g/mol. The molecule has 2 heterocycles. The average Bonchev–Trinajstić information content (AvgIpc) is 3.24. The molecule has 27 heavy (non-hydrogen) atoms. The monoisotopic (exact) mass is 386 g/mol. The van der Waals surface area contributed by atoms with E-state index < -0.39 is 11.9 Å². The van der Waals surface area contributed by atoms with Gasteiger partial charge in [-0.3, -0.25) is 10.1 Å². The third-order valence-electron chi connectivity index (χ3n) is 3.84. The molecule has 0 aliphatic rings. The van der Waals surface area contributed by atoms with E-state index in [9.17, 15) is 9.59 Å². The highest BCUT2D eigenvalue weighted by molar-refractivity contribution is 7.99. The van der Waals surface area contributed by atoms with Crippen LogP contribution in [0, 0.1) is 20.8 Å². The minimum Gasteiger partial charge on any atom is -0.469 e. The lowest BCUT2D eigenvalue weighted by molar-refractivity contribution is -0.117. The zero-order valence-electron chi connectivity index (χ0n) is 15.0. The summed E-state index contributed by atoms with van der Waals surface area (Å²) in [6, 6.07) is 6.65. The first kappa shape index (κ1) is 18.7. The maximum absolute atomic E-state index is 11.9. The van der Waals surface area contributed by atoms with Crippen molar-refractivity contribution in [2.45, 2.75) is 26.0 Å². The summed E-state index contributed by atoms with van der Waals surface area (Å²) in [5, 5.41) is 12.9. The number of imide groups is 1. The van der Waals surface area contributed by atoms with E-state index in [0.29, 0.717) is 22.9 Å². The number of rotatable bonds is 5. The number of aromatic nitrogens is 2. The Morgan fingerprint density at radius 1 is 1.11 bits per heavy atom. The van der Waals surface area contributed by atoms with E-state index in [-0.39, 0.29) is 11.0 Å². The highest BCUT2D eigenvalue weighted by Crippen LogP contribution is 2.26. The lowest BCUT2D eigenvalue weighted by Gasteiger charge is -2.08. The van der Waals surface area contributed by atoms with Crippen LogP contribution < -0.4 is 10.6 Å². The van der Waals surface area contributed by atoms with Crippen LogP contribution in [0.3, 0.4) is 0 Å². The number of anilines is 1. The fourth-order valence-electron chi connectivity index (χ4n) is 2.26. The molecule has 0 saturated carbocycles. The Hall–Kier alpha value is -3.07. The van der Waals surface area contributed by atoms with Crippen LogP contribution in [0.5, 0.6) is 0 Å². The maximum Gasteiger partial charge on any atom is 0.325 e. The Morgan fingerprint density at radius 3 is 2.63 bits per heavy atom. The van der Waals surface area contributed by atoms with Gasteiger partial charge in [0.2, 0.25) is 5.91 Å². The van der Waals surface area contributed by atoms with Gasteiger partial charge in [-0.1, -0.05) is 17.8 Å². The van der Waals surface area contributed by atoms with Gasteiger partial charge >= 0.3 is 6.03 Å². The first-order valence-corrected chi connectivity index (χ1v) is 9.10. The van der Waals surface area contributed by atoms with Gasteiger partial charge in [0, 0.05) is 5.69 Å². The van der Waals surface area contributed by atoms with Gasteiger partial charge in [0.25, 0.3) is 11.1 Å². The van der Waals surface area contributed by atoms with Crippen molar-refractivity contribution in [1.82, 2.24) is 15.5 Å². The highest BCUT2D eigenvalue weighted by Gasteiger charge is 2.15. The molecule has 0 radical (unpaired) electrons. The summed E-state index contributed by atoms with van der Waals surface area (Å²) in [6.45, 7) is 5.72. The van der Waals surface area contributed by atoms with E-state index in [2.05, 4.69) is 20.8 Å². The molecule has 0 fully saturated rings. The van der Waals surface area contributed by atoms with Crippen molar-refractivity contribution in [3.63, 3.8) is 0 Å². The van der Waals surface area contributed by atoms with E-state index in [1.807, 2.05) is 26.0 Å². The summed E-state index contributed by atoms with van der Waals surface area (Å²) in [6.07, 6.45) is 1.53. The third kappa shape index (κ3) is 4.76. The van der Waals surface area contributed by atoms with Crippen LogP contribution in [-0.4, -0.2) is 27.9 Å². The van der Waals surface area contributed by atoms with Crippen LogP contribution >= 0.6 is 11.8 Å². The number of carbonyl (C=O) groups is 2. The Kier molecular flexibility index (Phi) is 5.60. The number of nitrogens with zero attached hydrogens (tertiary/aromatic N) is 2. The normalized spacial score (nSPS) is 10.6. The largest absolute Gasteiger partial charge is 0.469 e. The van der Waals surface area contributed by atoms with Gasteiger partial charge in [-0.05, 0) is 50.1 Å². The molecule has 0 unspecified atom stereocenters. The topological polar surface area (TPSA) is 110 Å². The fourth-order valence-corrected chi connectivity index (χ4v) is 2.82. The third-order valence-corrected chi connectivity index (χ3v) is 4.66. The Balaban J connectivity index is 1.49. The highest BCUT2D eigenvalue weighted by atomic mass is 32.2. The van der Waals surface area contributed by atoms with Gasteiger partial charge in [0.1, 0.15) is 5.76 Å². The smallest absolute Gasteiger partial charge is 0.325 e. The van der Waals surface area contributed by atoms with E-state index in [1.54, 1.807) is 19.1 Å². The molecule has 0 spiro atoms. The number of amides is 3. The summed E-state index contributed by atoms with van der Waals surface area (Å²) in [5.41, 5.74) is 3.49. The van der Waals surface area contributed by atoms with Gasteiger partial charge in [-0.15, -0.1) is 10.2 Å². The van der Waals surface area contributed by atoms with Crippen molar-refractivity contribution < 1.29 is 18.4 Å². The molecule has 3 amide bonds. The fraction of sp³-hybridized carbons (Fsp3) is 0.222. The van der Waals surface area contributed by atoms with Crippen molar-refractivity contribution in [2.24, 2.45) is 0 Å². The van der Waals surface area contributed by atoms with Gasteiger partial charge in [-0.2, -0.15) is 0 Å². The summed E-state index contributed by atoms with van der Waals surface area (Å²) in [7, 11) is 0. The number of hydrogen-bond acceptors (Lipinski definition) is 7. The first-order chi connectivity index (χ1) is 12.9. The standard InChI is InChI=1S/C18H18N4O4S/c1-10-4-5-13(8-11(10)2)19-17(24)20-15(23)9-27-18-22-21-16(26-18)14-6-7-25-12(14)3/h4-8H,9H2,1-3H3,(H2,19,20,23,24). The van der Waals surface area contributed by atoms with Gasteiger partial charge in [0.15, 0.2) is 0 Å². The first-order valence-electron chi connectivity index (χ1n) is 8.11. The van der Waals surface area contributed by atoms with Crippen molar-refractivity contribution in [2.75, 3.05) is 11.1 Å². The van der Waals surface area contributed by atoms with Crippen LogP contribution in [0.25, 0.3) is 11.5 Å². The van der Waals surface area contributed by atoms with Crippen molar-refractivity contribution in [3.8, 4) is 11.5 Å². The molecule has 2 N–H and O–H groups in total. The van der Waals surface area contributed by atoms with Gasteiger partial charge < -0.3 is 14.2 Å². The van der Waals surface area contributed by atoms with E-state index in [1.165, 1.54) is 6.26 Å².